The smallest absolute Gasteiger partial charge is 0.243 e. The molecule has 1 unspecified atom stereocenters. The van der Waals surface area contributed by atoms with Crippen molar-refractivity contribution in [3.63, 3.8) is 0 Å². The molecular formula is C11H15ClN6O2. The second-order valence-electron chi connectivity index (χ2n) is 3.98. The van der Waals surface area contributed by atoms with Crippen molar-refractivity contribution < 1.29 is 9.94 Å². The number of nitrogens with one attached hydrogen (secondary N) is 1. The quantitative estimate of drug-likeness (QED) is 0.434. The van der Waals surface area contributed by atoms with Crippen LogP contribution >= 0.6 is 11.6 Å². The molecule has 0 bridgehead atoms. The van der Waals surface area contributed by atoms with E-state index in [4.69, 9.17) is 22.2 Å². The van der Waals surface area contributed by atoms with Gasteiger partial charge in [0, 0.05) is 17.0 Å². The Morgan fingerprint density at radius 1 is 1.65 bits per heavy atom. The highest BCUT2D eigenvalue weighted by atomic mass is 35.5. The summed E-state index contributed by atoms with van der Waals surface area (Å²) in [6.45, 7) is 1.98. The first kappa shape index (κ1) is 14.4. The lowest BCUT2D eigenvalue weighted by Gasteiger charge is -2.19. The molecule has 1 aromatic rings. The van der Waals surface area contributed by atoms with Crippen LogP contribution in [0.1, 0.15) is 18.9 Å². The van der Waals surface area contributed by atoms with Gasteiger partial charge in [0.2, 0.25) is 6.35 Å². The van der Waals surface area contributed by atoms with Crippen LogP contribution in [0.2, 0.25) is 5.02 Å². The number of halogens is 1. The van der Waals surface area contributed by atoms with E-state index in [1.165, 1.54) is 5.01 Å². The largest absolute Gasteiger partial charge is 0.389 e. The number of anilines is 1. The Balaban J connectivity index is 2.21. The average molecular weight is 299 g/mol. The summed E-state index contributed by atoms with van der Waals surface area (Å²) in [5, 5.41) is 22.5. The number of oxime groups is 1. The number of aliphatic hydroxyl groups is 1. The molecule has 1 heterocycles. The first-order valence-electron chi connectivity index (χ1n) is 5.98. The van der Waals surface area contributed by atoms with E-state index in [2.05, 4.69) is 21.0 Å². The Labute approximate surface area is 120 Å². The zero-order valence-corrected chi connectivity index (χ0v) is 11.6. The number of amidine groups is 1. The maximum absolute atomic E-state index is 9.71. The molecule has 0 amide bonds. The summed E-state index contributed by atoms with van der Waals surface area (Å²) >= 11 is 6.14. The van der Waals surface area contributed by atoms with Gasteiger partial charge < -0.3 is 15.7 Å². The van der Waals surface area contributed by atoms with Crippen LogP contribution in [0.5, 0.6) is 0 Å². The highest BCUT2D eigenvalue weighted by molar-refractivity contribution is 6.31. The number of hydrogen-bond acceptors (Lipinski definition) is 7. The van der Waals surface area contributed by atoms with Crippen LogP contribution in [0.3, 0.4) is 0 Å². The van der Waals surface area contributed by atoms with Crippen LogP contribution in [0.15, 0.2) is 33.8 Å². The lowest BCUT2D eigenvalue weighted by Crippen LogP contribution is -2.35. The van der Waals surface area contributed by atoms with Crippen LogP contribution in [0.25, 0.3) is 0 Å². The third kappa shape index (κ3) is 3.09. The Kier molecular flexibility index (Phi) is 4.59. The van der Waals surface area contributed by atoms with Gasteiger partial charge in [0.15, 0.2) is 0 Å². The van der Waals surface area contributed by atoms with Crippen LogP contribution < -0.4 is 16.2 Å². The van der Waals surface area contributed by atoms with Crippen molar-refractivity contribution in [3.8, 4) is 0 Å². The molecular weight excluding hydrogens is 284 g/mol. The van der Waals surface area contributed by atoms with Gasteiger partial charge in [0.05, 0.1) is 5.69 Å². The summed E-state index contributed by atoms with van der Waals surface area (Å²) in [5.41, 5.74) is 9.16. The number of aliphatic hydroxyl groups excluding tert-OH is 1. The molecule has 2 rings (SSSR count). The van der Waals surface area contributed by atoms with Crippen molar-refractivity contribution in [1.29, 1.82) is 0 Å². The molecule has 0 saturated carbocycles. The van der Waals surface area contributed by atoms with E-state index >= 15 is 0 Å². The van der Waals surface area contributed by atoms with Crippen molar-refractivity contribution in [1.82, 2.24) is 5.43 Å². The van der Waals surface area contributed by atoms with Crippen LogP contribution in [0, 0.1) is 0 Å². The van der Waals surface area contributed by atoms with Crippen molar-refractivity contribution in [2.45, 2.75) is 26.3 Å². The number of hydrogen-bond donors (Lipinski definition) is 3. The van der Waals surface area contributed by atoms with E-state index in [9.17, 15) is 5.11 Å². The van der Waals surface area contributed by atoms with Gasteiger partial charge in [-0.25, -0.2) is 5.43 Å². The van der Waals surface area contributed by atoms with E-state index in [-0.39, 0.29) is 6.61 Å². The van der Waals surface area contributed by atoms with Crippen LogP contribution in [-0.2, 0) is 11.4 Å². The molecule has 4 N–H and O–H groups in total. The van der Waals surface area contributed by atoms with Crippen molar-refractivity contribution >= 4 is 23.1 Å². The summed E-state index contributed by atoms with van der Waals surface area (Å²) in [6, 6.07) is 5.20. The zero-order valence-electron chi connectivity index (χ0n) is 10.8. The van der Waals surface area contributed by atoms with Crippen LogP contribution in [-0.4, -0.2) is 17.3 Å². The third-order valence-electron chi connectivity index (χ3n) is 2.64. The zero-order chi connectivity index (χ0) is 14.5. The minimum Gasteiger partial charge on any atom is -0.389 e. The predicted octanol–water partition coefficient (Wildman–Crippen LogP) is 1.51. The number of nitrogens with zero attached hydrogens (tertiary/aromatic N) is 4. The fourth-order valence-electron chi connectivity index (χ4n) is 1.56. The standard InChI is InChI=1S/C11H15ClN6O2/c1-2-10(13)15-20-6-7-8(12)4-3-5-9(7)18-11(19)14-16-17-18/h3-5,11,19H,2,6H2,1H3,(H2,13,15)(H,14,17). The molecule has 1 aromatic carbocycles. The Morgan fingerprint density at radius 2 is 2.45 bits per heavy atom. The summed E-state index contributed by atoms with van der Waals surface area (Å²) in [7, 11) is 0. The van der Waals surface area contributed by atoms with Crippen molar-refractivity contribution in [2.75, 3.05) is 5.01 Å². The van der Waals surface area contributed by atoms with Crippen LogP contribution in [0.4, 0.5) is 5.69 Å². The lowest BCUT2D eigenvalue weighted by molar-refractivity contribution is 0.128. The maximum Gasteiger partial charge on any atom is 0.243 e. The van der Waals surface area contributed by atoms with Gasteiger partial charge in [-0.1, -0.05) is 35.0 Å². The van der Waals surface area contributed by atoms with Gasteiger partial charge in [0.1, 0.15) is 12.4 Å². The first-order valence-corrected chi connectivity index (χ1v) is 6.36. The second-order valence-corrected chi connectivity index (χ2v) is 4.39. The highest BCUT2D eigenvalue weighted by Gasteiger charge is 2.24. The highest BCUT2D eigenvalue weighted by Crippen LogP contribution is 2.30. The number of rotatable bonds is 5. The normalized spacial score (nSPS) is 18.2. The van der Waals surface area contributed by atoms with Gasteiger partial charge >= 0.3 is 0 Å². The number of benzene rings is 1. The monoisotopic (exact) mass is 298 g/mol. The van der Waals surface area contributed by atoms with Gasteiger partial charge in [-0.15, -0.1) is 0 Å². The summed E-state index contributed by atoms with van der Waals surface area (Å²) < 4.78 is 0. The summed E-state index contributed by atoms with van der Waals surface area (Å²) in [6.07, 6.45) is -0.449. The molecule has 20 heavy (non-hydrogen) atoms. The Bertz CT molecular complexity index is 536. The van der Waals surface area contributed by atoms with E-state index in [0.29, 0.717) is 28.5 Å². The SMILES string of the molecule is CCC(N)=NOCc1c(Cl)cccc1N1N=NNC1O. The fraction of sp³-hybridized carbons (Fsp3) is 0.364. The molecule has 1 aliphatic heterocycles. The van der Waals surface area contributed by atoms with Crippen molar-refractivity contribution in [3.05, 3.63) is 28.8 Å². The molecule has 0 radical (unpaired) electrons. The molecule has 8 nitrogen and oxygen atoms in total. The fourth-order valence-corrected chi connectivity index (χ4v) is 1.78. The molecule has 9 heteroatoms. The molecule has 0 aliphatic carbocycles. The lowest BCUT2D eigenvalue weighted by atomic mass is 10.2. The van der Waals surface area contributed by atoms with Gasteiger partial charge in [-0.05, 0) is 17.4 Å². The second kappa shape index (κ2) is 6.40. The topological polar surface area (TPSA) is 108 Å². The molecule has 108 valence electrons. The van der Waals surface area contributed by atoms with Gasteiger partial charge in [-0.2, -0.15) is 5.01 Å². The molecule has 1 atom stereocenters. The van der Waals surface area contributed by atoms with Gasteiger partial charge in [-0.3, -0.25) is 0 Å². The predicted molar refractivity (Wildman–Crippen MR) is 74.6 cm³/mol. The molecule has 0 aromatic heterocycles. The molecule has 0 spiro atoms. The summed E-state index contributed by atoms with van der Waals surface area (Å²) in [5.74, 6) is 0.390. The van der Waals surface area contributed by atoms with E-state index in [0.717, 1.165) is 0 Å². The minimum atomic E-state index is -1.04. The number of nitrogens with two attached hydrogens (primary N) is 1. The van der Waals surface area contributed by atoms with Gasteiger partial charge in [0.25, 0.3) is 0 Å². The van der Waals surface area contributed by atoms with E-state index in [1.54, 1.807) is 18.2 Å². The first-order chi connectivity index (χ1) is 9.63. The maximum atomic E-state index is 9.71. The third-order valence-corrected chi connectivity index (χ3v) is 2.99. The Hall–Kier alpha value is -2.06. The molecule has 0 saturated heterocycles. The minimum absolute atomic E-state index is 0.106. The van der Waals surface area contributed by atoms with Crippen molar-refractivity contribution in [2.24, 2.45) is 21.3 Å². The van der Waals surface area contributed by atoms with E-state index < -0.39 is 6.35 Å². The molecule has 0 fully saturated rings. The average Bonchev–Trinajstić information content (AvgIpc) is 2.86. The summed E-state index contributed by atoms with van der Waals surface area (Å²) in [4.78, 5) is 5.17. The van der Waals surface area contributed by atoms with E-state index in [1.807, 2.05) is 6.92 Å². The Morgan fingerprint density at radius 3 is 3.10 bits per heavy atom. The molecule has 1 aliphatic rings.